The fourth-order valence-corrected chi connectivity index (χ4v) is 2.30. The smallest absolute Gasteiger partial charge is 0.101 e. The minimum atomic E-state index is 0.559. The molecule has 0 spiro atoms. The van der Waals surface area contributed by atoms with Crippen LogP contribution in [-0.2, 0) is 0 Å². The molecular formula is C13H17N3. The van der Waals surface area contributed by atoms with E-state index in [0.29, 0.717) is 17.3 Å². The molecular weight excluding hydrogens is 198 g/mol. The van der Waals surface area contributed by atoms with Crippen molar-refractivity contribution in [1.82, 2.24) is 0 Å². The van der Waals surface area contributed by atoms with E-state index in [-0.39, 0.29) is 0 Å². The van der Waals surface area contributed by atoms with Crippen LogP contribution in [0.4, 0.5) is 11.4 Å². The summed E-state index contributed by atoms with van der Waals surface area (Å²) in [7, 11) is 0. The van der Waals surface area contributed by atoms with Crippen molar-refractivity contribution < 1.29 is 0 Å². The number of nitrogens with two attached hydrogens (primary N) is 1. The van der Waals surface area contributed by atoms with Gasteiger partial charge in [0.25, 0.3) is 0 Å². The maximum absolute atomic E-state index is 8.96. The van der Waals surface area contributed by atoms with Crippen LogP contribution in [0.15, 0.2) is 18.2 Å². The molecule has 0 amide bonds. The number of nitrogens with zero attached hydrogens (tertiary/aromatic N) is 2. The van der Waals surface area contributed by atoms with E-state index < -0.39 is 0 Å². The number of benzene rings is 1. The summed E-state index contributed by atoms with van der Waals surface area (Å²) < 4.78 is 0. The lowest BCUT2D eigenvalue weighted by Crippen LogP contribution is -2.37. The molecule has 0 bridgehead atoms. The second-order valence-electron chi connectivity index (χ2n) is 4.42. The van der Waals surface area contributed by atoms with Gasteiger partial charge >= 0.3 is 0 Å². The van der Waals surface area contributed by atoms with Gasteiger partial charge in [0, 0.05) is 24.0 Å². The average molecular weight is 215 g/mol. The maximum atomic E-state index is 8.96. The van der Waals surface area contributed by atoms with Crippen LogP contribution in [0.1, 0.15) is 31.7 Å². The monoisotopic (exact) mass is 215 g/mol. The molecule has 1 fully saturated rings. The van der Waals surface area contributed by atoms with Crippen LogP contribution in [0.3, 0.4) is 0 Å². The number of nitriles is 1. The van der Waals surface area contributed by atoms with E-state index in [4.69, 9.17) is 11.0 Å². The van der Waals surface area contributed by atoms with Gasteiger partial charge in [-0.05, 0) is 44.4 Å². The lowest BCUT2D eigenvalue weighted by Gasteiger charge is -2.35. The lowest BCUT2D eigenvalue weighted by molar-refractivity contribution is 0.485. The van der Waals surface area contributed by atoms with Gasteiger partial charge in [0.1, 0.15) is 6.07 Å². The van der Waals surface area contributed by atoms with Crippen molar-refractivity contribution in [2.24, 2.45) is 0 Å². The highest BCUT2D eigenvalue weighted by atomic mass is 15.2. The molecule has 3 heteroatoms. The predicted octanol–water partition coefficient (Wildman–Crippen LogP) is 2.52. The topological polar surface area (TPSA) is 53.0 Å². The number of nitrogen functional groups attached to an aromatic ring is 1. The SMILES string of the molecule is CC1CCCCN1c1ccc(N)c(C#N)c1. The Balaban J connectivity index is 2.29. The van der Waals surface area contributed by atoms with Gasteiger partial charge in [0.2, 0.25) is 0 Å². The quantitative estimate of drug-likeness (QED) is 0.732. The first-order valence-corrected chi connectivity index (χ1v) is 5.78. The third-order valence-corrected chi connectivity index (χ3v) is 3.29. The van der Waals surface area contributed by atoms with Crippen LogP contribution >= 0.6 is 0 Å². The van der Waals surface area contributed by atoms with Crippen molar-refractivity contribution in [3.8, 4) is 6.07 Å². The molecule has 1 unspecified atom stereocenters. The second-order valence-corrected chi connectivity index (χ2v) is 4.42. The maximum Gasteiger partial charge on any atom is 0.101 e. The van der Waals surface area contributed by atoms with Crippen LogP contribution in [0.25, 0.3) is 0 Å². The summed E-state index contributed by atoms with van der Waals surface area (Å²) in [5.41, 5.74) is 7.99. The number of hydrogen-bond acceptors (Lipinski definition) is 3. The Kier molecular flexibility index (Phi) is 3.00. The molecule has 1 heterocycles. The van der Waals surface area contributed by atoms with E-state index in [0.717, 1.165) is 12.2 Å². The van der Waals surface area contributed by atoms with Crippen LogP contribution in [0.5, 0.6) is 0 Å². The first-order chi connectivity index (χ1) is 7.72. The average Bonchev–Trinajstić information content (AvgIpc) is 2.31. The Bertz CT molecular complexity index is 420. The molecule has 1 atom stereocenters. The summed E-state index contributed by atoms with van der Waals surface area (Å²) >= 11 is 0. The molecule has 0 radical (unpaired) electrons. The fraction of sp³-hybridized carbons (Fsp3) is 0.462. The molecule has 1 aliphatic heterocycles. The molecule has 3 nitrogen and oxygen atoms in total. The first kappa shape index (κ1) is 10.8. The second kappa shape index (κ2) is 4.44. The zero-order valence-corrected chi connectivity index (χ0v) is 9.61. The molecule has 0 aliphatic carbocycles. The van der Waals surface area contributed by atoms with Gasteiger partial charge in [-0.1, -0.05) is 0 Å². The third-order valence-electron chi connectivity index (χ3n) is 3.29. The Morgan fingerprint density at radius 1 is 1.44 bits per heavy atom. The summed E-state index contributed by atoms with van der Waals surface area (Å²) in [5.74, 6) is 0. The van der Waals surface area contributed by atoms with Crippen molar-refractivity contribution >= 4 is 11.4 Å². The van der Waals surface area contributed by atoms with Crippen LogP contribution in [0, 0.1) is 11.3 Å². The summed E-state index contributed by atoms with van der Waals surface area (Å²) in [6.07, 6.45) is 3.76. The Hall–Kier alpha value is -1.69. The van der Waals surface area contributed by atoms with Crippen LogP contribution in [-0.4, -0.2) is 12.6 Å². The lowest BCUT2D eigenvalue weighted by atomic mass is 10.0. The van der Waals surface area contributed by atoms with E-state index in [2.05, 4.69) is 17.9 Å². The largest absolute Gasteiger partial charge is 0.398 e. The summed E-state index contributed by atoms with van der Waals surface area (Å²) in [6, 6.07) is 8.44. The van der Waals surface area contributed by atoms with Gasteiger partial charge in [-0.15, -0.1) is 0 Å². The van der Waals surface area contributed by atoms with Gasteiger partial charge in [-0.2, -0.15) is 5.26 Å². The van der Waals surface area contributed by atoms with E-state index in [1.807, 2.05) is 18.2 Å². The van der Waals surface area contributed by atoms with Crippen LogP contribution < -0.4 is 10.6 Å². The van der Waals surface area contributed by atoms with E-state index >= 15 is 0 Å². The molecule has 2 N–H and O–H groups in total. The van der Waals surface area contributed by atoms with Gasteiger partial charge < -0.3 is 10.6 Å². The highest BCUT2D eigenvalue weighted by Crippen LogP contribution is 2.27. The van der Waals surface area contributed by atoms with E-state index in [1.165, 1.54) is 19.3 Å². The summed E-state index contributed by atoms with van der Waals surface area (Å²) in [6.45, 7) is 3.32. The first-order valence-electron chi connectivity index (χ1n) is 5.78. The van der Waals surface area contributed by atoms with Crippen molar-refractivity contribution in [2.75, 3.05) is 17.2 Å². The molecule has 1 aliphatic rings. The Morgan fingerprint density at radius 3 is 2.94 bits per heavy atom. The Labute approximate surface area is 96.5 Å². The highest BCUT2D eigenvalue weighted by Gasteiger charge is 2.18. The normalized spacial score (nSPS) is 20.5. The van der Waals surface area contributed by atoms with Crippen LogP contribution in [0.2, 0.25) is 0 Å². The van der Waals surface area contributed by atoms with Crippen molar-refractivity contribution in [3.63, 3.8) is 0 Å². The van der Waals surface area contributed by atoms with Gasteiger partial charge in [-0.25, -0.2) is 0 Å². The number of piperidine rings is 1. The van der Waals surface area contributed by atoms with Crippen molar-refractivity contribution in [2.45, 2.75) is 32.2 Å². The number of rotatable bonds is 1. The standard InChI is InChI=1S/C13H17N3/c1-10-4-2-3-7-16(10)12-5-6-13(15)11(8-12)9-14/h5-6,8,10H,2-4,7,15H2,1H3. The molecule has 84 valence electrons. The van der Waals surface area contributed by atoms with Gasteiger partial charge in [0.05, 0.1) is 5.56 Å². The minimum Gasteiger partial charge on any atom is -0.398 e. The zero-order chi connectivity index (χ0) is 11.5. The van der Waals surface area contributed by atoms with Crippen molar-refractivity contribution in [1.29, 1.82) is 5.26 Å². The molecule has 16 heavy (non-hydrogen) atoms. The van der Waals surface area contributed by atoms with Crippen molar-refractivity contribution in [3.05, 3.63) is 23.8 Å². The zero-order valence-electron chi connectivity index (χ0n) is 9.61. The van der Waals surface area contributed by atoms with E-state index in [9.17, 15) is 0 Å². The minimum absolute atomic E-state index is 0.559. The van der Waals surface area contributed by atoms with Gasteiger partial charge in [0.15, 0.2) is 0 Å². The molecule has 1 aromatic carbocycles. The Morgan fingerprint density at radius 2 is 2.25 bits per heavy atom. The summed E-state index contributed by atoms with van der Waals surface area (Å²) in [5, 5.41) is 8.96. The van der Waals surface area contributed by atoms with E-state index in [1.54, 1.807) is 0 Å². The molecule has 2 rings (SSSR count). The molecule has 0 aromatic heterocycles. The molecule has 1 aromatic rings. The highest BCUT2D eigenvalue weighted by molar-refractivity contribution is 5.63. The summed E-state index contributed by atoms with van der Waals surface area (Å²) in [4.78, 5) is 2.36. The number of anilines is 2. The number of hydrogen-bond donors (Lipinski definition) is 1. The van der Waals surface area contributed by atoms with Gasteiger partial charge in [-0.3, -0.25) is 0 Å². The molecule has 1 saturated heterocycles. The third kappa shape index (κ3) is 1.96. The molecule has 0 saturated carbocycles. The fourth-order valence-electron chi connectivity index (χ4n) is 2.30. The predicted molar refractivity (Wildman–Crippen MR) is 66.2 cm³/mol.